The zero-order valence-corrected chi connectivity index (χ0v) is 27.4. The Kier molecular flexibility index (Phi) is 8.01. The summed E-state index contributed by atoms with van der Waals surface area (Å²) in [7, 11) is 0. The van der Waals surface area contributed by atoms with Gasteiger partial charge in [0.1, 0.15) is 11.8 Å². The lowest BCUT2D eigenvalue weighted by atomic mass is 9.68. The summed E-state index contributed by atoms with van der Waals surface area (Å²) in [5.74, 6) is -3.46. The number of H-pyrrole nitrogens is 1. The van der Waals surface area contributed by atoms with Crippen LogP contribution >= 0.6 is 34.7 Å². The van der Waals surface area contributed by atoms with E-state index in [0.717, 1.165) is 31.7 Å². The molecule has 0 radical (unpaired) electrons. The van der Waals surface area contributed by atoms with Crippen LogP contribution < -0.4 is 14.9 Å². The van der Waals surface area contributed by atoms with Crippen molar-refractivity contribution in [1.29, 1.82) is 0 Å². The molecule has 240 valence electrons. The van der Waals surface area contributed by atoms with Crippen LogP contribution in [0.3, 0.4) is 0 Å². The molecule has 1 saturated heterocycles. The number of thioether (sulfide) groups is 1. The number of aliphatic carboxylic acids is 1. The predicted molar refractivity (Wildman–Crippen MR) is 173 cm³/mol. The zero-order valence-electron chi connectivity index (χ0n) is 25.0. The minimum atomic E-state index is -1.18. The van der Waals surface area contributed by atoms with Gasteiger partial charge in [0.25, 0.3) is 5.91 Å². The quantitative estimate of drug-likeness (QED) is 0.265. The molecule has 8 atom stereocenters. The molecule has 2 bridgehead atoms. The number of halogens is 1. The number of amides is 3. The predicted octanol–water partition coefficient (Wildman–Crippen LogP) is 5.08. The van der Waals surface area contributed by atoms with E-state index >= 15 is 0 Å². The van der Waals surface area contributed by atoms with Crippen molar-refractivity contribution in [3.63, 3.8) is 0 Å². The maximum Gasteiger partial charge on any atom is 0.326 e. The van der Waals surface area contributed by atoms with Crippen molar-refractivity contribution in [3.05, 3.63) is 73.7 Å². The van der Waals surface area contributed by atoms with Gasteiger partial charge in [-0.05, 0) is 78.5 Å². The number of ether oxygens (including phenoxy) is 1. The number of rotatable bonds is 9. The number of nitrogens with zero attached hydrogens (tertiary/aromatic N) is 1. The highest BCUT2D eigenvalue weighted by atomic mass is 35.5. The van der Waals surface area contributed by atoms with Crippen molar-refractivity contribution < 1.29 is 29.0 Å². The number of aromatic amines is 1. The van der Waals surface area contributed by atoms with Gasteiger partial charge in [-0.15, -0.1) is 11.8 Å². The molecule has 2 aliphatic heterocycles. The molecular weight excluding hydrogens is 650 g/mol. The molecule has 3 heterocycles. The van der Waals surface area contributed by atoms with E-state index in [1.807, 2.05) is 32.0 Å². The number of carbonyl (C=O) groups excluding carboxylic acids is 3. The third kappa shape index (κ3) is 5.24. The number of hydrogen-bond acceptors (Lipinski definition) is 8. The van der Waals surface area contributed by atoms with Gasteiger partial charge in [0.15, 0.2) is 6.61 Å². The molecule has 13 heteroatoms. The Morgan fingerprint density at radius 2 is 1.80 bits per heavy atom. The lowest BCUT2D eigenvalue weighted by Crippen LogP contribution is -2.47. The van der Waals surface area contributed by atoms with Crippen LogP contribution in [0.5, 0.6) is 5.75 Å². The average Bonchev–Trinajstić information content (AvgIpc) is 3.75. The molecule has 7 unspecified atom stereocenters. The second-order valence-electron chi connectivity index (χ2n) is 12.9. The van der Waals surface area contributed by atoms with E-state index in [2.05, 4.69) is 10.3 Å². The molecule has 4 aliphatic rings. The number of carboxylic acids is 1. The van der Waals surface area contributed by atoms with Crippen molar-refractivity contribution in [1.82, 2.24) is 9.88 Å². The molecule has 2 saturated carbocycles. The van der Waals surface area contributed by atoms with E-state index in [4.69, 9.17) is 16.3 Å². The van der Waals surface area contributed by atoms with Crippen LogP contribution in [0.25, 0.3) is 0 Å². The maximum atomic E-state index is 13.9. The van der Waals surface area contributed by atoms with Gasteiger partial charge in [-0.1, -0.05) is 48.9 Å². The molecular formula is C33H32ClN3O7S2. The lowest BCUT2D eigenvalue weighted by molar-refractivity contribution is -0.156. The van der Waals surface area contributed by atoms with Gasteiger partial charge >= 0.3 is 10.8 Å². The lowest BCUT2D eigenvalue weighted by Gasteiger charge is -2.43. The smallest absolute Gasteiger partial charge is 0.326 e. The third-order valence-electron chi connectivity index (χ3n) is 9.76. The number of aromatic nitrogens is 1. The molecule has 3 aromatic rings. The Balaban J connectivity index is 1.17. The minimum absolute atomic E-state index is 0.00723. The summed E-state index contributed by atoms with van der Waals surface area (Å²) in [4.78, 5) is 70.0. The van der Waals surface area contributed by atoms with Gasteiger partial charge in [0.05, 0.1) is 16.9 Å². The SMILES string of the molecule is CC(C)CC(C(=O)O)N1C(=O)C2C3CC(C2C1=O)C1C3Sc2[nH]c(=O)sc2[C@@H]1c1cccc(OCC(=O)Nc2ccc(Cl)cc2)c1. The fraction of sp³-hybridized carbons (Fsp3) is 0.424. The number of carboxylic acid groups (broad SMARTS) is 1. The number of anilines is 1. The first-order chi connectivity index (χ1) is 22.0. The molecule has 2 aliphatic carbocycles. The minimum Gasteiger partial charge on any atom is -0.484 e. The van der Waals surface area contributed by atoms with Crippen LogP contribution in [0.1, 0.15) is 43.0 Å². The summed E-state index contributed by atoms with van der Waals surface area (Å²) in [6, 6.07) is 13.0. The van der Waals surface area contributed by atoms with Gasteiger partial charge in [-0.25, -0.2) is 4.79 Å². The average molecular weight is 682 g/mol. The summed E-state index contributed by atoms with van der Waals surface area (Å²) >= 11 is 8.65. The van der Waals surface area contributed by atoms with Crippen LogP contribution in [-0.4, -0.2) is 56.6 Å². The summed E-state index contributed by atoms with van der Waals surface area (Å²) in [6.45, 7) is 3.54. The normalized spacial score (nSPS) is 28.2. The van der Waals surface area contributed by atoms with Gasteiger partial charge < -0.3 is 20.1 Å². The van der Waals surface area contributed by atoms with Gasteiger partial charge in [0, 0.05) is 26.8 Å². The standard InChI is InChI=1S/C33H32ClN3O7S2/c1-14(2)10-21(32(41)42)37-30(39)25-19-12-20(26(25)31(37)40)27-24(19)23(28-29(45-27)36-33(43)46-28)15-4-3-5-18(11-15)44-13-22(38)35-17-8-6-16(34)7-9-17/h3-9,11,14,19-21,23-27H,10,12-13H2,1-2H3,(H,35,38)(H,36,43)(H,41,42)/t19?,20?,21?,23-,24?,25?,26?,27?/m1/s1. The number of imide groups is 1. The van der Waals surface area contributed by atoms with Gasteiger partial charge in [0.2, 0.25) is 11.8 Å². The molecule has 0 spiro atoms. The van der Waals surface area contributed by atoms with Crippen molar-refractivity contribution in [3.8, 4) is 5.75 Å². The number of carbonyl (C=O) groups is 4. The molecule has 3 N–H and O–H groups in total. The van der Waals surface area contributed by atoms with Crippen LogP contribution in [-0.2, 0) is 19.2 Å². The second-order valence-corrected chi connectivity index (χ2v) is 15.5. The monoisotopic (exact) mass is 681 g/mol. The Labute approximate surface area is 277 Å². The molecule has 3 fully saturated rings. The number of hydrogen-bond donors (Lipinski definition) is 3. The Bertz CT molecular complexity index is 1790. The Morgan fingerprint density at radius 3 is 2.50 bits per heavy atom. The van der Waals surface area contributed by atoms with E-state index in [9.17, 15) is 29.1 Å². The van der Waals surface area contributed by atoms with Gasteiger partial charge in [-0.3, -0.25) is 24.1 Å². The van der Waals surface area contributed by atoms with Crippen molar-refractivity contribution in [2.75, 3.05) is 11.9 Å². The van der Waals surface area contributed by atoms with Crippen LogP contribution in [0, 0.1) is 35.5 Å². The number of thiazole rings is 1. The molecule has 46 heavy (non-hydrogen) atoms. The highest BCUT2D eigenvalue weighted by Crippen LogP contribution is 2.68. The number of benzene rings is 2. The molecule has 3 amide bonds. The van der Waals surface area contributed by atoms with E-state index in [-0.39, 0.29) is 70.5 Å². The second kappa shape index (κ2) is 11.9. The summed E-state index contributed by atoms with van der Waals surface area (Å²) < 4.78 is 5.89. The molecule has 7 rings (SSSR count). The highest BCUT2D eigenvalue weighted by molar-refractivity contribution is 8.00. The zero-order chi connectivity index (χ0) is 32.4. The van der Waals surface area contributed by atoms with Crippen molar-refractivity contribution in [2.24, 2.45) is 35.5 Å². The Morgan fingerprint density at radius 1 is 1.09 bits per heavy atom. The van der Waals surface area contributed by atoms with E-state index < -0.39 is 23.8 Å². The van der Waals surface area contributed by atoms with Crippen molar-refractivity contribution in [2.45, 2.75) is 48.9 Å². The Hall–Kier alpha value is -3.61. The fourth-order valence-corrected chi connectivity index (χ4v) is 11.2. The summed E-state index contributed by atoms with van der Waals surface area (Å²) in [5, 5.41) is 14.1. The number of fused-ring (bicyclic) bond motifs is 9. The summed E-state index contributed by atoms with van der Waals surface area (Å²) in [5.41, 5.74) is 1.49. The topological polar surface area (TPSA) is 146 Å². The first-order valence-electron chi connectivity index (χ1n) is 15.3. The van der Waals surface area contributed by atoms with Crippen LogP contribution in [0.2, 0.25) is 5.02 Å². The van der Waals surface area contributed by atoms with Gasteiger partial charge in [-0.2, -0.15) is 0 Å². The van der Waals surface area contributed by atoms with Crippen molar-refractivity contribution >= 4 is 64.1 Å². The van der Waals surface area contributed by atoms with Crippen LogP contribution in [0.15, 0.2) is 58.4 Å². The first kappa shape index (κ1) is 31.0. The summed E-state index contributed by atoms with van der Waals surface area (Å²) in [6.07, 6.45) is 0.899. The number of likely N-dealkylation sites (tertiary alicyclic amines) is 1. The number of nitrogens with one attached hydrogen (secondary N) is 2. The maximum absolute atomic E-state index is 13.9. The fourth-order valence-electron chi connectivity index (χ4n) is 8.16. The van der Waals surface area contributed by atoms with Crippen LogP contribution in [0.4, 0.5) is 5.69 Å². The largest absolute Gasteiger partial charge is 0.484 e. The first-order valence-corrected chi connectivity index (χ1v) is 17.4. The molecule has 1 aromatic heterocycles. The van der Waals surface area contributed by atoms with E-state index in [1.165, 1.54) is 0 Å². The third-order valence-corrected chi connectivity index (χ3v) is 12.6. The highest BCUT2D eigenvalue weighted by Gasteiger charge is 2.70. The van der Waals surface area contributed by atoms with E-state index in [0.29, 0.717) is 22.9 Å². The molecule has 2 aromatic carbocycles. The molecule has 10 nitrogen and oxygen atoms in total. The van der Waals surface area contributed by atoms with E-state index in [1.54, 1.807) is 42.1 Å².